The topological polar surface area (TPSA) is 40.5 Å². The first-order chi connectivity index (χ1) is 9.40. The first-order valence-corrected chi connectivity index (χ1v) is 6.85. The van der Waals surface area contributed by atoms with Crippen LogP contribution in [0.1, 0.15) is 42.1 Å². The molecule has 0 saturated carbocycles. The number of benzene rings is 1. The van der Waals surface area contributed by atoms with Crippen molar-refractivity contribution in [3.8, 4) is 0 Å². The zero-order valence-corrected chi connectivity index (χ0v) is 11.7. The number of hydrogen-bond donors (Lipinski definition) is 1. The number of rotatable bonds is 3. The molecule has 1 aromatic carbocycles. The molecule has 1 aromatic rings. The third-order valence-electron chi connectivity index (χ3n) is 3.73. The Hall–Kier alpha value is -1.49. The normalized spacial score (nSPS) is 20.2. The van der Waals surface area contributed by atoms with Crippen LogP contribution in [0, 0.1) is 18.6 Å². The van der Waals surface area contributed by atoms with Crippen LogP contribution in [0.2, 0.25) is 0 Å². The van der Waals surface area contributed by atoms with Crippen molar-refractivity contribution in [2.45, 2.75) is 45.3 Å². The molecule has 0 aromatic heterocycles. The van der Waals surface area contributed by atoms with Gasteiger partial charge in [0.25, 0.3) is 5.91 Å². The predicted molar refractivity (Wildman–Crippen MR) is 71.5 cm³/mol. The quantitative estimate of drug-likeness (QED) is 0.926. The Morgan fingerprint density at radius 1 is 1.45 bits per heavy atom. The Labute approximate surface area is 117 Å². The summed E-state index contributed by atoms with van der Waals surface area (Å²) in [6.45, 7) is 3.64. The largest absolute Gasteiger partial charge is 0.393 e. The number of likely N-dealkylation sites (tertiary alicyclic amines) is 1. The maximum Gasteiger partial charge on any atom is 0.257 e. The van der Waals surface area contributed by atoms with E-state index >= 15 is 0 Å². The summed E-state index contributed by atoms with van der Waals surface area (Å²) in [6.07, 6.45) is 1.54. The van der Waals surface area contributed by atoms with E-state index in [-0.39, 0.29) is 17.2 Å². The van der Waals surface area contributed by atoms with Gasteiger partial charge in [-0.1, -0.05) is 0 Å². The van der Waals surface area contributed by atoms with E-state index in [1.807, 2.05) is 0 Å². The molecule has 1 saturated heterocycles. The zero-order chi connectivity index (χ0) is 14.9. The fourth-order valence-electron chi connectivity index (χ4n) is 2.71. The molecule has 110 valence electrons. The van der Waals surface area contributed by atoms with Gasteiger partial charge in [-0.25, -0.2) is 8.78 Å². The molecule has 1 fully saturated rings. The van der Waals surface area contributed by atoms with Crippen LogP contribution >= 0.6 is 0 Å². The van der Waals surface area contributed by atoms with Crippen molar-refractivity contribution in [2.75, 3.05) is 6.54 Å². The fraction of sp³-hybridized carbons (Fsp3) is 0.533. The third kappa shape index (κ3) is 2.98. The Balaban J connectivity index is 2.24. The SMILES string of the molecule is Cc1cc(F)c(C(=O)N2CCCC2CC(C)O)cc1F. The summed E-state index contributed by atoms with van der Waals surface area (Å²) in [5, 5.41) is 9.45. The zero-order valence-electron chi connectivity index (χ0n) is 11.7. The summed E-state index contributed by atoms with van der Waals surface area (Å²) in [6, 6.07) is 1.90. The van der Waals surface area contributed by atoms with Gasteiger partial charge in [-0.15, -0.1) is 0 Å². The van der Waals surface area contributed by atoms with Gasteiger partial charge in [0, 0.05) is 12.6 Å². The summed E-state index contributed by atoms with van der Waals surface area (Å²) in [7, 11) is 0. The summed E-state index contributed by atoms with van der Waals surface area (Å²) in [5.74, 6) is -1.78. The molecule has 0 spiro atoms. The lowest BCUT2D eigenvalue weighted by Crippen LogP contribution is -2.37. The Morgan fingerprint density at radius 2 is 2.15 bits per heavy atom. The maximum atomic E-state index is 13.9. The lowest BCUT2D eigenvalue weighted by Gasteiger charge is -2.26. The molecule has 1 aliphatic rings. The minimum Gasteiger partial charge on any atom is -0.393 e. The Kier molecular flexibility index (Phi) is 4.38. The van der Waals surface area contributed by atoms with E-state index in [1.165, 1.54) is 6.92 Å². The second kappa shape index (κ2) is 5.87. The van der Waals surface area contributed by atoms with E-state index in [4.69, 9.17) is 0 Å². The van der Waals surface area contributed by atoms with Gasteiger partial charge in [-0.3, -0.25) is 4.79 Å². The highest BCUT2D eigenvalue weighted by Gasteiger charge is 2.31. The van der Waals surface area contributed by atoms with E-state index < -0.39 is 23.6 Å². The van der Waals surface area contributed by atoms with Crippen LogP contribution in [0.4, 0.5) is 8.78 Å². The van der Waals surface area contributed by atoms with E-state index in [1.54, 1.807) is 11.8 Å². The number of aliphatic hydroxyl groups is 1. The van der Waals surface area contributed by atoms with Gasteiger partial charge in [-0.05, 0) is 50.8 Å². The Morgan fingerprint density at radius 3 is 2.80 bits per heavy atom. The fourth-order valence-corrected chi connectivity index (χ4v) is 2.71. The second-order valence-electron chi connectivity index (χ2n) is 5.46. The summed E-state index contributed by atoms with van der Waals surface area (Å²) < 4.78 is 27.4. The van der Waals surface area contributed by atoms with Crippen molar-refractivity contribution in [3.05, 3.63) is 34.9 Å². The van der Waals surface area contributed by atoms with Crippen LogP contribution in [0.3, 0.4) is 0 Å². The number of carbonyl (C=O) groups excluding carboxylic acids is 1. The molecule has 2 rings (SSSR count). The molecular formula is C15H19F2NO2. The summed E-state index contributed by atoms with van der Waals surface area (Å²) >= 11 is 0. The lowest BCUT2D eigenvalue weighted by atomic mass is 10.1. The van der Waals surface area contributed by atoms with Crippen molar-refractivity contribution in [1.29, 1.82) is 0 Å². The molecule has 1 amide bonds. The van der Waals surface area contributed by atoms with Gasteiger partial charge in [0.1, 0.15) is 11.6 Å². The van der Waals surface area contributed by atoms with Gasteiger partial charge in [0.15, 0.2) is 0 Å². The number of aliphatic hydroxyl groups excluding tert-OH is 1. The molecule has 1 heterocycles. The molecule has 3 nitrogen and oxygen atoms in total. The second-order valence-corrected chi connectivity index (χ2v) is 5.46. The average Bonchev–Trinajstić information content (AvgIpc) is 2.80. The van der Waals surface area contributed by atoms with E-state index in [0.29, 0.717) is 13.0 Å². The molecule has 0 aliphatic carbocycles. The number of carbonyl (C=O) groups is 1. The minimum absolute atomic E-state index is 0.105. The van der Waals surface area contributed by atoms with Crippen molar-refractivity contribution in [2.24, 2.45) is 0 Å². The molecule has 2 atom stereocenters. The van der Waals surface area contributed by atoms with Crippen LogP contribution < -0.4 is 0 Å². The molecule has 5 heteroatoms. The van der Waals surface area contributed by atoms with Gasteiger partial charge < -0.3 is 10.0 Å². The smallest absolute Gasteiger partial charge is 0.257 e. The van der Waals surface area contributed by atoms with Crippen molar-refractivity contribution in [3.63, 3.8) is 0 Å². The van der Waals surface area contributed by atoms with Crippen LogP contribution in [0.25, 0.3) is 0 Å². The molecule has 2 unspecified atom stereocenters. The third-order valence-corrected chi connectivity index (χ3v) is 3.73. The predicted octanol–water partition coefficient (Wildman–Crippen LogP) is 2.65. The van der Waals surface area contributed by atoms with Gasteiger partial charge >= 0.3 is 0 Å². The Bertz CT molecular complexity index is 517. The maximum absolute atomic E-state index is 13.9. The highest BCUT2D eigenvalue weighted by atomic mass is 19.1. The number of hydrogen-bond acceptors (Lipinski definition) is 2. The minimum atomic E-state index is -0.698. The van der Waals surface area contributed by atoms with Crippen LogP contribution in [0.5, 0.6) is 0 Å². The molecule has 0 radical (unpaired) electrons. The van der Waals surface area contributed by atoms with E-state index in [9.17, 15) is 18.7 Å². The number of amides is 1. The van der Waals surface area contributed by atoms with Crippen LogP contribution in [-0.4, -0.2) is 34.6 Å². The first kappa shape index (κ1) is 14.9. The highest BCUT2D eigenvalue weighted by molar-refractivity contribution is 5.95. The van der Waals surface area contributed by atoms with Gasteiger partial charge in [0.2, 0.25) is 0 Å². The molecule has 1 N–H and O–H groups in total. The number of halogens is 2. The number of aryl methyl sites for hydroxylation is 1. The van der Waals surface area contributed by atoms with Crippen molar-refractivity contribution >= 4 is 5.91 Å². The number of nitrogens with zero attached hydrogens (tertiary/aromatic N) is 1. The van der Waals surface area contributed by atoms with E-state index in [2.05, 4.69) is 0 Å². The van der Waals surface area contributed by atoms with Crippen LogP contribution in [-0.2, 0) is 0 Å². The molecular weight excluding hydrogens is 264 g/mol. The average molecular weight is 283 g/mol. The summed E-state index contributed by atoms with van der Waals surface area (Å²) in [5.41, 5.74) is -0.0494. The monoisotopic (exact) mass is 283 g/mol. The molecule has 20 heavy (non-hydrogen) atoms. The standard InChI is InChI=1S/C15H19F2NO2/c1-9-6-14(17)12(8-13(9)16)15(20)18-5-3-4-11(18)7-10(2)19/h6,8,10-11,19H,3-5,7H2,1-2H3. The molecule has 0 bridgehead atoms. The van der Waals surface area contributed by atoms with Gasteiger partial charge in [0.05, 0.1) is 11.7 Å². The lowest BCUT2D eigenvalue weighted by molar-refractivity contribution is 0.0677. The molecule has 1 aliphatic heterocycles. The van der Waals surface area contributed by atoms with Crippen molar-refractivity contribution < 1.29 is 18.7 Å². The van der Waals surface area contributed by atoms with Crippen molar-refractivity contribution in [1.82, 2.24) is 4.90 Å². The van der Waals surface area contributed by atoms with E-state index in [0.717, 1.165) is 25.0 Å². The summed E-state index contributed by atoms with van der Waals surface area (Å²) in [4.78, 5) is 13.9. The van der Waals surface area contributed by atoms with Crippen LogP contribution in [0.15, 0.2) is 12.1 Å². The highest BCUT2D eigenvalue weighted by Crippen LogP contribution is 2.25. The first-order valence-electron chi connectivity index (χ1n) is 6.85. The van der Waals surface area contributed by atoms with Gasteiger partial charge in [-0.2, -0.15) is 0 Å².